The molecule has 1 fully saturated rings. The quantitative estimate of drug-likeness (QED) is 0.376. The summed E-state index contributed by atoms with van der Waals surface area (Å²) in [5.74, 6) is -0.594. The molecule has 4 aromatic rings. The number of fused-ring (bicyclic) bond motifs is 1. The van der Waals surface area contributed by atoms with E-state index in [2.05, 4.69) is 15.2 Å². The van der Waals surface area contributed by atoms with Gasteiger partial charge in [0.05, 0.1) is 16.3 Å². The van der Waals surface area contributed by atoms with E-state index in [9.17, 15) is 26.4 Å². The number of carbonyl (C=O) groups is 1. The van der Waals surface area contributed by atoms with Crippen LogP contribution in [0.25, 0.3) is 16.2 Å². The SMILES string of the molecule is CCn1cc(S(=O)(=O)N2CCN(C(=O)c3cc4nc(-c5cccs5)cc(C(F)(F)F)n4n3)CC2)c(C)n1. The highest BCUT2D eigenvalue weighted by molar-refractivity contribution is 7.89. The molecular weight excluding hydrogens is 531 g/mol. The van der Waals surface area contributed by atoms with E-state index in [0.717, 1.165) is 6.07 Å². The van der Waals surface area contributed by atoms with Gasteiger partial charge in [-0.15, -0.1) is 11.3 Å². The van der Waals surface area contributed by atoms with Crippen molar-refractivity contribution >= 4 is 32.9 Å². The van der Waals surface area contributed by atoms with Crippen molar-refractivity contribution in [1.29, 1.82) is 0 Å². The fourth-order valence-electron chi connectivity index (χ4n) is 4.18. The molecule has 0 radical (unpaired) electrons. The number of hydrogen-bond acceptors (Lipinski definition) is 7. The fraction of sp³-hybridized carbons (Fsp3) is 0.364. The number of halogens is 3. The topological polar surface area (TPSA) is 106 Å². The zero-order valence-electron chi connectivity index (χ0n) is 19.8. The van der Waals surface area contributed by atoms with Gasteiger partial charge in [0, 0.05) is 45.0 Å². The van der Waals surface area contributed by atoms with Gasteiger partial charge in [0.25, 0.3) is 5.91 Å². The van der Waals surface area contributed by atoms with Crippen LogP contribution in [0, 0.1) is 6.92 Å². The van der Waals surface area contributed by atoms with E-state index < -0.39 is 27.8 Å². The summed E-state index contributed by atoms with van der Waals surface area (Å²) in [6, 6.07) is 5.50. The van der Waals surface area contributed by atoms with Crippen molar-refractivity contribution in [2.24, 2.45) is 0 Å². The largest absolute Gasteiger partial charge is 0.433 e. The Kier molecular flexibility index (Phi) is 6.32. The van der Waals surface area contributed by atoms with Crippen LogP contribution in [0.2, 0.25) is 0 Å². The molecule has 37 heavy (non-hydrogen) atoms. The predicted molar refractivity (Wildman–Crippen MR) is 129 cm³/mol. The molecule has 4 aromatic heterocycles. The first-order chi connectivity index (χ1) is 17.5. The van der Waals surface area contributed by atoms with Gasteiger partial charge in [-0.25, -0.2) is 17.9 Å². The second kappa shape index (κ2) is 9.22. The summed E-state index contributed by atoms with van der Waals surface area (Å²) in [7, 11) is -3.81. The van der Waals surface area contributed by atoms with Gasteiger partial charge in [0.1, 0.15) is 4.90 Å². The van der Waals surface area contributed by atoms with Crippen molar-refractivity contribution in [3.63, 3.8) is 0 Å². The van der Waals surface area contributed by atoms with Crippen LogP contribution >= 0.6 is 11.3 Å². The summed E-state index contributed by atoms with van der Waals surface area (Å²) in [4.78, 5) is 19.5. The third-order valence-electron chi connectivity index (χ3n) is 6.08. The van der Waals surface area contributed by atoms with E-state index in [-0.39, 0.29) is 48.1 Å². The molecule has 0 aromatic carbocycles. The first-order valence-electron chi connectivity index (χ1n) is 11.3. The number of hydrogen-bond donors (Lipinski definition) is 0. The average molecular weight is 554 g/mol. The zero-order valence-corrected chi connectivity index (χ0v) is 21.4. The highest BCUT2D eigenvalue weighted by Gasteiger charge is 2.37. The van der Waals surface area contributed by atoms with Crippen molar-refractivity contribution < 1.29 is 26.4 Å². The van der Waals surface area contributed by atoms with Gasteiger partial charge in [-0.1, -0.05) is 6.07 Å². The molecule has 0 spiro atoms. The molecule has 1 aliphatic rings. The first-order valence-corrected chi connectivity index (χ1v) is 13.7. The molecule has 0 unspecified atom stereocenters. The summed E-state index contributed by atoms with van der Waals surface area (Å²) in [5, 5.41) is 9.84. The molecule has 0 aliphatic carbocycles. The van der Waals surface area contributed by atoms with Crippen molar-refractivity contribution in [2.45, 2.75) is 31.5 Å². The van der Waals surface area contributed by atoms with E-state index >= 15 is 0 Å². The Labute approximate surface area is 214 Å². The van der Waals surface area contributed by atoms with Gasteiger partial charge >= 0.3 is 6.18 Å². The fourth-order valence-corrected chi connectivity index (χ4v) is 6.46. The third kappa shape index (κ3) is 4.62. The van der Waals surface area contributed by atoms with Gasteiger partial charge in [0.2, 0.25) is 10.0 Å². The third-order valence-corrected chi connectivity index (χ3v) is 8.97. The van der Waals surface area contributed by atoms with Crippen LogP contribution in [0.4, 0.5) is 13.2 Å². The van der Waals surface area contributed by atoms with Gasteiger partial charge in [-0.2, -0.15) is 27.7 Å². The Bertz CT molecular complexity index is 1570. The summed E-state index contributed by atoms with van der Waals surface area (Å²) in [5.41, 5.74) is -0.822. The number of thiophene rings is 1. The Morgan fingerprint density at radius 1 is 1.14 bits per heavy atom. The van der Waals surface area contributed by atoms with Crippen LogP contribution in [0.5, 0.6) is 0 Å². The molecular formula is C22H22F3N7O3S2. The molecule has 0 N–H and O–H groups in total. The highest BCUT2D eigenvalue weighted by Crippen LogP contribution is 2.33. The normalized spacial score (nSPS) is 15.5. The lowest BCUT2D eigenvalue weighted by Crippen LogP contribution is -2.50. The number of rotatable bonds is 5. The number of amides is 1. The second-order valence-electron chi connectivity index (χ2n) is 8.43. The maximum Gasteiger partial charge on any atom is 0.433 e. The summed E-state index contributed by atoms with van der Waals surface area (Å²) < 4.78 is 71.1. The minimum Gasteiger partial charge on any atom is -0.335 e. The Morgan fingerprint density at radius 2 is 1.86 bits per heavy atom. The standard InChI is InChI=1S/C22H22F3N7O3S2/c1-3-30-13-18(14(2)27-30)37(34,35)31-8-6-29(7-9-31)21(33)16-12-20-26-15(17-5-4-10-36-17)11-19(22(23,24)25)32(20)28-16/h4-5,10-13H,3,6-9H2,1-2H3. The lowest BCUT2D eigenvalue weighted by Gasteiger charge is -2.33. The van der Waals surface area contributed by atoms with Gasteiger partial charge in [0.15, 0.2) is 17.0 Å². The molecule has 5 heterocycles. The number of aryl methyl sites for hydroxylation is 2. The van der Waals surface area contributed by atoms with E-state index in [1.807, 2.05) is 6.92 Å². The molecule has 1 aliphatic heterocycles. The minimum atomic E-state index is -4.72. The van der Waals surface area contributed by atoms with Crippen LogP contribution in [-0.2, 0) is 22.7 Å². The Balaban J connectivity index is 1.38. The van der Waals surface area contributed by atoms with Crippen LogP contribution in [0.15, 0.2) is 40.7 Å². The van der Waals surface area contributed by atoms with Crippen LogP contribution in [0.1, 0.15) is 28.8 Å². The number of carbonyl (C=O) groups excluding carboxylic acids is 1. The van der Waals surface area contributed by atoms with Crippen molar-refractivity contribution in [2.75, 3.05) is 26.2 Å². The predicted octanol–water partition coefficient (Wildman–Crippen LogP) is 3.15. The van der Waals surface area contributed by atoms with Gasteiger partial charge in [-0.3, -0.25) is 9.48 Å². The smallest absolute Gasteiger partial charge is 0.335 e. The number of piperazine rings is 1. The van der Waals surface area contributed by atoms with Crippen molar-refractivity contribution in [3.8, 4) is 10.6 Å². The molecule has 1 amide bonds. The molecule has 10 nitrogen and oxygen atoms in total. The lowest BCUT2D eigenvalue weighted by molar-refractivity contribution is -0.142. The molecule has 0 bridgehead atoms. The van der Waals surface area contributed by atoms with E-state index in [1.54, 1.807) is 29.1 Å². The molecule has 5 rings (SSSR count). The Morgan fingerprint density at radius 3 is 2.46 bits per heavy atom. The zero-order chi connectivity index (χ0) is 26.5. The maximum atomic E-state index is 13.8. The Hall–Kier alpha value is -3.30. The van der Waals surface area contributed by atoms with Crippen LogP contribution in [-0.4, -0.2) is 74.1 Å². The monoisotopic (exact) mass is 553 g/mol. The molecule has 1 saturated heterocycles. The molecule has 0 saturated carbocycles. The lowest BCUT2D eigenvalue weighted by atomic mass is 10.2. The van der Waals surface area contributed by atoms with E-state index in [1.165, 1.54) is 32.8 Å². The molecule has 0 atom stereocenters. The van der Waals surface area contributed by atoms with Gasteiger partial charge < -0.3 is 4.90 Å². The number of sulfonamides is 1. The van der Waals surface area contributed by atoms with Crippen LogP contribution < -0.4 is 0 Å². The summed E-state index contributed by atoms with van der Waals surface area (Å²) in [6.45, 7) is 4.19. The van der Waals surface area contributed by atoms with Crippen molar-refractivity contribution in [3.05, 3.63) is 52.9 Å². The van der Waals surface area contributed by atoms with E-state index in [0.29, 0.717) is 21.6 Å². The maximum absolute atomic E-state index is 13.8. The van der Waals surface area contributed by atoms with Crippen LogP contribution in [0.3, 0.4) is 0 Å². The summed E-state index contributed by atoms with van der Waals surface area (Å²) in [6.07, 6.45) is -3.24. The highest BCUT2D eigenvalue weighted by atomic mass is 32.2. The second-order valence-corrected chi connectivity index (χ2v) is 11.3. The van der Waals surface area contributed by atoms with E-state index in [4.69, 9.17) is 0 Å². The molecule has 196 valence electrons. The number of aromatic nitrogens is 5. The van der Waals surface area contributed by atoms with Crippen molar-refractivity contribution in [1.82, 2.24) is 33.6 Å². The van der Waals surface area contributed by atoms with Gasteiger partial charge in [-0.05, 0) is 31.4 Å². The first kappa shape index (κ1) is 25.4. The molecule has 15 heteroatoms. The number of nitrogens with zero attached hydrogens (tertiary/aromatic N) is 7. The number of alkyl halides is 3. The minimum absolute atomic E-state index is 0.0345. The summed E-state index contributed by atoms with van der Waals surface area (Å²) >= 11 is 1.25. The average Bonchev–Trinajstić information content (AvgIpc) is 3.61.